The van der Waals surface area contributed by atoms with Crippen LogP contribution in [0.3, 0.4) is 0 Å². The highest BCUT2D eigenvalue weighted by Gasteiger charge is 2.28. The fourth-order valence-corrected chi connectivity index (χ4v) is 3.81. The molecule has 0 saturated heterocycles. The van der Waals surface area contributed by atoms with E-state index in [0.717, 1.165) is 44.5 Å². The molecule has 0 fully saturated rings. The number of benzene rings is 2. The summed E-state index contributed by atoms with van der Waals surface area (Å²) in [6, 6.07) is 11.8. The van der Waals surface area contributed by atoms with E-state index < -0.39 is 5.91 Å². The highest BCUT2D eigenvalue weighted by molar-refractivity contribution is 6.00. The predicted molar refractivity (Wildman–Crippen MR) is 106 cm³/mol. The average Bonchev–Trinajstić information content (AvgIpc) is 3.02. The van der Waals surface area contributed by atoms with Crippen LogP contribution in [0.25, 0.3) is 27.1 Å². The Morgan fingerprint density at radius 1 is 1.22 bits per heavy atom. The van der Waals surface area contributed by atoms with Crippen LogP contribution in [0.5, 0.6) is 0 Å². The maximum atomic E-state index is 11.9. The van der Waals surface area contributed by atoms with Crippen LogP contribution >= 0.6 is 0 Å². The normalized spacial score (nSPS) is 11.6. The van der Waals surface area contributed by atoms with Gasteiger partial charge in [0, 0.05) is 29.4 Å². The Hall–Kier alpha value is -3.65. The lowest BCUT2D eigenvalue weighted by molar-refractivity contribution is 0.0995. The number of aromatic nitrogens is 1. The van der Waals surface area contributed by atoms with Crippen LogP contribution in [0.2, 0.25) is 0 Å². The first-order chi connectivity index (χ1) is 13.0. The van der Waals surface area contributed by atoms with Crippen molar-refractivity contribution in [2.24, 2.45) is 5.73 Å². The number of nitrogens with zero attached hydrogens (tertiary/aromatic N) is 2. The highest BCUT2D eigenvalue weighted by Crippen LogP contribution is 2.45. The molecular formula is C22H18N4O. The largest absolute Gasteiger partial charge is 0.398 e. The molecule has 1 aliphatic rings. The number of fused-ring (bicyclic) bond motifs is 3. The van der Waals surface area contributed by atoms with Crippen LogP contribution in [0, 0.1) is 13.5 Å². The van der Waals surface area contributed by atoms with E-state index in [1.807, 2.05) is 43.3 Å². The molecule has 0 bridgehead atoms. The monoisotopic (exact) mass is 354 g/mol. The number of pyridine rings is 1. The smallest absolute Gasteiger partial charge is 0.267 e. The van der Waals surface area contributed by atoms with Gasteiger partial charge >= 0.3 is 0 Å². The molecule has 3 aromatic rings. The van der Waals surface area contributed by atoms with Crippen LogP contribution in [-0.4, -0.2) is 10.9 Å². The maximum Gasteiger partial charge on any atom is 0.267 e. The highest BCUT2D eigenvalue weighted by atomic mass is 16.1. The van der Waals surface area contributed by atoms with Gasteiger partial charge in [0.25, 0.3) is 5.91 Å². The molecule has 4 N–H and O–H groups in total. The van der Waals surface area contributed by atoms with Crippen LogP contribution in [0.15, 0.2) is 42.6 Å². The second-order valence-electron chi connectivity index (χ2n) is 6.74. The Kier molecular flexibility index (Phi) is 3.89. The molecule has 1 heterocycles. The molecule has 1 amide bonds. The predicted octanol–water partition coefficient (Wildman–Crippen LogP) is 3.73. The summed E-state index contributed by atoms with van der Waals surface area (Å²) in [5.41, 5.74) is 20.6. The summed E-state index contributed by atoms with van der Waals surface area (Å²) in [6.45, 7) is 9.41. The van der Waals surface area contributed by atoms with Gasteiger partial charge in [0.2, 0.25) is 6.54 Å². The van der Waals surface area contributed by atoms with Crippen LogP contribution in [0.4, 0.5) is 5.69 Å². The van der Waals surface area contributed by atoms with E-state index in [2.05, 4.69) is 9.83 Å². The minimum Gasteiger partial charge on any atom is -0.398 e. The molecule has 132 valence electrons. The van der Waals surface area contributed by atoms with Crippen molar-refractivity contribution >= 4 is 11.6 Å². The number of hydrogen-bond acceptors (Lipinski definition) is 3. The van der Waals surface area contributed by atoms with Crippen molar-refractivity contribution in [2.75, 3.05) is 5.73 Å². The number of amides is 1. The number of nitrogen functional groups attached to an aromatic ring is 1. The third-order valence-corrected chi connectivity index (χ3v) is 5.15. The van der Waals surface area contributed by atoms with E-state index in [4.69, 9.17) is 18.0 Å². The Labute approximate surface area is 157 Å². The molecule has 0 atom stereocenters. The number of anilines is 1. The Morgan fingerprint density at radius 3 is 2.78 bits per heavy atom. The van der Waals surface area contributed by atoms with Crippen molar-refractivity contribution < 1.29 is 4.79 Å². The molecule has 1 aliphatic carbocycles. The first kappa shape index (κ1) is 16.8. The summed E-state index contributed by atoms with van der Waals surface area (Å²) < 4.78 is 0. The molecule has 0 saturated carbocycles. The molecule has 5 nitrogen and oxygen atoms in total. The third kappa shape index (κ3) is 2.63. The van der Waals surface area contributed by atoms with Crippen molar-refractivity contribution in [3.63, 3.8) is 0 Å². The molecule has 2 aromatic carbocycles. The number of carbonyl (C=O) groups excluding carboxylic acids is 1. The molecule has 0 aliphatic heterocycles. The summed E-state index contributed by atoms with van der Waals surface area (Å²) in [4.78, 5) is 19.8. The molecule has 27 heavy (non-hydrogen) atoms. The van der Waals surface area contributed by atoms with Crippen molar-refractivity contribution in [3.8, 4) is 22.3 Å². The molecule has 0 spiro atoms. The van der Waals surface area contributed by atoms with Crippen LogP contribution < -0.4 is 11.5 Å². The van der Waals surface area contributed by atoms with Gasteiger partial charge in [0.05, 0.1) is 0 Å². The van der Waals surface area contributed by atoms with Gasteiger partial charge in [-0.25, -0.2) is 6.57 Å². The molecule has 1 aromatic heterocycles. The van der Waals surface area contributed by atoms with Gasteiger partial charge in [0.15, 0.2) is 0 Å². The Balaban J connectivity index is 2.00. The van der Waals surface area contributed by atoms with Crippen molar-refractivity contribution in [2.45, 2.75) is 19.9 Å². The quantitative estimate of drug-likeness (QED) is 0.434. The molecule has 4 rings (SSSR count). The Bertz CT molecular complexity index is 1140. The number of nitrogens with two attached hydrogens (primary N) is 2. The summed E-state index contributed by atoms with van der Waals surface area (Å²) in [5, 5.41) is 0. The van der Waals surface area contributed by atoms with Gasteiger partial charge in [0.1, 0.15) is 5.69 Å². The van der Waals surface area contributed by atoms with Crippen molar-refractivity contribution in [1.82, 2.24) is 4.98 Å². The van der Waals surface area contributed by atoms with E-state index in [9.17, 15) is 4.79 Å². The number of rotatable bonds is 3. The fraction of sp³-hybridized carbons (Fsp3) is 0.136. The first-order valence-electron chi connectivity index (χ1n) is 8.63. The zero-order chi connectivity index (χ0) is 19.1. The number of hydrogen-bond donors (Lipinski definition) is 2. The lowest BCUT2D eigenvalue weighted by Crippen LogP contribution is -2.16. The Morgan fingerprint density at radius 2 is 2.04 bits per heavy atom. The number of primary amides is 1. The summed E-state index contributed by atoms with van der Waals surface area (Å²) in [5.74, 6) is -0.531. The summed E-state index contributed by atoms with van der Waals surface area (Å²) >= 11 is 0. The van der Waals surface area contributed by atoms with E-state index in [0.29, 0.717) is 24.3 Å². The standard InChI is InChI=1S/C22H18N4O/c1-12-15(4-3-5-19(12)23)18-11-26-21(22(24)27)17-9-14-8-13(10-25-2)6-7-16(14)20(17)18/h3-8,11H,9-10,23H2,1H3,(H2,24,27). The van der Waals surface area contributed by atoms with Gasteiger partial charge in [-0.3, -0.25) is 9.78 Å². The van der Waals surface area contributed by atoms with Gasteiger partial charge in [-0.1, -0.05) is 24.3 Å². The molecule has 0 unspecified atom stereocenters. The van der Waals surface area contributed by atoms with E-state index in [-0.39, 0.29) is 0 Å². The van der Waals surface area contributed by atoms with Crippen LogP contribution in [-0.2, 0) is 13.0 Å². The van der Waals surface area contributed by atoms with E-state index in [1.54, 1.807) is 6.20 Å². The summed E-state index contributed by atoms with van der Waals surface area (Å²) in [7, 11) is 0. The van der Waals surface area contributed by atoms with Crippen LogP contribution in [0.1, 0.15) is 32.7 Å². The van der Waals surface area contributed by atoms with Gasteiger partial charge in [-0.2, -0.15) is 0 Å². The molecule has 5 heteroatoms. The van der Waals surface area contributed by atoms with Crippen molar-refractivity contribution in [1.29, 1.82) is 0 Å². The lowest BCUT2D eigenvalue weighted by Gasteiger charge is -2.15. The van der Waals surface area contributed by atoms with E-state index >= 15 is 0 Å². The van der Waals surface area contributed by atoms with Gasteiger partial charge in [-0.15, -0.1) is 0 Å². The van der Waals surface area contributed by atoms with Gasteiger partial charge < -0.3 is 16.3 Å². The zero-order valence-corrected chi connectivity index (χ0v) is 14.9. The second kappa shape index (κ2) is 6.26. The maximum absolute atomic E-state index is 11.9. The van der Waals surface area contributed by atoms with E-state index in [1.165, 1.54) is 0 Å². The molecule has 0 radical (unpaired) electrons. The SMILES string of the molecule is [C-]#[N+]Cc1ccc2c(c1)Cc1c(C(N)=O)ncc(-c3cccc(N)c3C)c1-2. The average molecular weight is 354 g/mol. The number of carbonyl (C=O) groups is 1. The lowest BCUT2D eigenvalue weighted by atomic mass is 9.92. The molecular weight excluding hydrogens is 336 g/mol. The second-order valence-corrected chi connectivity index (χ2v) is 6.74. The zero-order valence-electron chi connectivity index (χ0n) is 14.9. The minimum absolute atomic E-state index is 0.304. The first-order valence-corrected chi connectivity index (χ1v) is 8.63. The van der Waals surface area contributed by atoms with Gasteiger partial charge in [-0.05, 0) is 52.4 Å². The fourth-order valence-electron chi connectivity index (χ4n) is 3.81. The summed E-state index contributed by atoms with van der Waals surface area (Å²) in [6.07, 6.45) is 2.29. The van der Waals surface area contributed by atoms with Crippen molar-refractivity contribution in [3.05, 3.63) is 82.0 Å². The minimum atomic E-state index is -0.531. The third-order valence-electron chi connectivity index (χ3n) is 5.15. The topological polar surface area (TPSA) is 86.4 Å².